The van der Waals surface area contributed by atoms with Crippen molar-refractivity contribution in [1.82, 2.24) is 4.90 Å². The van der Waals surface area contributed by atoms with Crippen molar-refractivity contribution in [2.45, 2.75) is 18.2 Å². The van der Waals surface area contributed by atoms with E-state index in [0.29, 0.717) is 36.0 Å². The Morgan fingerprint density at radius 3 is 2.76 bits per heavy atom. The van der Waals surface area contributed by atoms with Crippen molar-refractivity contribution < 1.29 is 4.79 Å². The predicted octanol–water partition coefficient (Wildman–Crippen LogP) is 3.38. The normalized spacial score (nSPS) is 20.1. The molecule has 1 aliphatic heterocycles. The first-order valence-electron chi connectivity index (χ1n) is 5.42. The van der Waals surface area contributed by atoms with Crippen LogP contribution >= 0.6 is 34.8 Å². The van der Waals surface area contributed by atoms with E-state index in [0.717, 1.165) is 5.56 Å². The molecule has 1 aliphatic rings. The molecule has 5 heteroatoms. The number of likely N-dealkylation sites (tertiary alicyclic amines) is 1. The monoisotopic (exact) mass is 291 g/mol. The quantitative estimate of drug-likeness (QED) is 0.782. The number of rotatable bonds is 3. The van der Waals surface area contributed by atoms with Gasteiger partial charge in [-0.05, 0) is 18.1 Å². The van der Waals surface area contributed by atoms with Crippen LogP contribution in [0.15, 0.2) is 18.2 Å². The number of hydrogen-bond acceptors (Lipinski definition) is 1. The van der Waals surface area contributed by atoms with Gasteiger partial charge in [0.15, 0.2) is 0 Å². The van der Waals surface area contributed by atoms with Crippen LogP contribution in [0.25, 0.3) is 0 Å². The fraction of sp³-hybridized carbons (Fsp3) is 0.417. The van der Waals surface area contributed by atoms with Crippen molar-refractivity contribution in [2.75, 3.05) is 13.1 Å². The molecule has 1 unspecified atom stereocenters. The third-order valence-corrected chi connectivity index (χ3v) is 4.00. The third-order valence-electron chi connectivity index (χ3n) is 2.85. The Bertz CT molecular complexity index is 436. The summed E-state index contributed by atoms with van der Waals surface area (Å²) in [6, 6.07) is 5.54. The lowest BCUT2D eigenvalue weighted by Gasteiger charge is -2.16. The molecule has 0 aliphatic carbocycles. The number of hydrogen-bond donors (Lipinski definition) is 0. The van der Waals surface area contributed by atoms with Crippen LogP contribution in [0, 0.1) is 0 Å². The molecule has 1 heterocycles. The van der Waals surface area contributed by atoms with E-state index in [9.17, 15) is 4.79 Å². The first-order chi connectivity index (χ1) is 8.08. The van der Waals surface area contributed by atoms with Crippen LogP contribution in [0.3, 0.4) is 0 Å². The Labute approximate surface area is 115 Å². The summed E-state index contributed by atoms with van der Waals surface area (Å²) in [7, 11) is 0. The molecule has 1 amide bonds. The lowest BCUT2D eigenvalue weighted by atomic mass is 10.1. The van der Waals surface area contributed by atoms with E-state index in [4.69, 9.17) is 34.8 Å². The molecule has 2 nitrogen and oxygen atoms in total. The first kappa shape index (κ1) is 13.0. The Morgan fingerprint density at radius 2 is 2.12 bits per heavy atom. The molecule has 0 spiro atoms. The molecule has 92 valence electrons. The van der Waals surface area contributed by atoms with E-state index in [1.165, 1.54) is 0 Å². The standard InChI is InChI=1S/C12H12Cl3NO/c13-9-6-11(17)16(7-9)5-4-8-2-1-3-10(14)12(8)15/h1-3,9H,4-7H2. The van der Waals surface area contributed by atoms with Gasteiger partial charge in [0.05, 0.1) is 15.4 Å². The summed E-state index contributed by atoms with van der Waals surface area (Å²) in [5, 5.41) is 1.06. The van der Waals surface area contributed by atoms with Crippen LogP contribution in [0.2, 0.25) is 10.0 Å². The number of carbonyl (C=O) groups excluding carboxylic acids is 1. The molecule has 2 rings (SSSR count). The molecular formula is C12H12Cl3NO. The second-order valence-electron chi connectivity index (χ2n) is 4.10. The van der Waals surface area contributed by atoms with Crippen molar-refractivity contribution in [3.8, 4) is 0 Å². The molecule has 0 saturated carbocycles. The molecular weight excluding hydrogens is 280 g/mol. The lowest BCUT2D eigenvalue weighted by Crippen LogP contribution is -2.27. The average Bonchev–Trinajstić information content (AvgIpc) is 2.60. The van der Waals surface area contributed by atoms with Gasteiger partial charge in [-0.15, -0.1) is 11.6 Å². The molecule has 0 N–H and O–H groups in total. The minimum absolute atomic E-state index is 0.0580. The van der Waals surface area contributed by atoms with Crippen LogP contribution < -0.4 is 0 Å². The number of halogens is 3. The number of benzene rings is 1. The van der Waals surface area contributed by atoms with Crippen LogP contribution in [0.5, 0.6) is 0 Å². The molecule has 1 fully saturated rings. The van der Waals surface area contributed by atoms with Gasteiger partial charge in [-0.1, -0.05) is 35.3 Å². The highest BCUT2D eigenvalue weighted by Gasteiger charge is 2.27. The summed E-state index contributed by atoms with van der Waals surface area (Å²) in [5.74, 6) is 0.114. The Kier molecular flexibility index (Phi) is 4.18. The number of carbonyl (C=O) groups is 1. The second kappa shape index (κ2) is 5.47. The predicted molar refractivity (Wildman–Crippen MR) is 71.0 cm³/mol. The van der Waals surface area contributed by atoms with Gasteiger partial charge in [-0.25, -0.2) is 0 Å². The van der Waals surface area contributed by atoms with Crippen LogP contribution in [-0.2, 0) is 11.2 Å². The van der Waals surface area contributed by atoms with E-state index >= 15 is 0 Å². The third kappa shape index (κ3) is 3.06. The maximum absolute atomic E-state index is 11.5. The van der Waals surface area contributed by atoms with Gasteiger partial charge in [0.25, 0.3) is 0 Å². The summed E-state index contributed by atoms with van der Waals surface area (Å²) in [6.45, 7) is 1.26. The molecule has 0 bridgehead atoms. The minimum Gasteiger partial charge on any atom is -0.341 e. The van der Waals surface area contributed by atoms with Gasteiger partial charge < -0.3 is 4.90 Å². The highest BCUT2D eigenvalue weighted by atomic mass is 35.5. The zero-order valence-corrected chi connectivity index (χ0v) is 11.4. The summed E-state index contributed by atoms with van der Waals surface area (Å²) < 4.78 is 0. The zero-order valence-electron chi connectivity index (χ0n) is 9.13. The second-order valence-corrected chi connectivity index (χ2v) is 5.51. The largest absolute Gasteiger partial charge is 0.341 e. The van der Waals surface area contributed by atoms with Gasteiger partial charge >= 0.3 is 0 Å². The zero-order chi connectivity index (χ0) is 12.4. The van der Waals surface area contributed by atoms with Crippen molar-refractivity contribution in [3.63, 3.8) is 0 Å². The number of amides is 1. The van der Waals surface area contributed by atoms with Crippen LogP contribution in [0.4, 0.5) is 0 Å². The molecule has 0 radical (unpaired) electrons. The Balaban J connectivity index is 1.98. The molecule has 1 aromatic rings. The fourth-order valence-electron chi connectivity index (χ4n) is 1.94. The minimum atomic E-state index is -0.0580. The highest BCUT2D eigenvalue weighted by molar-refractivity contribution is 6.42. The lowest BCUT2D eigenvalue weighted by molar-refractivity contribution is -0.127. The molecule has 1 saturated heterocycles. The van der Waals surface area contributed by atoms with Gasteiger partial charge in [-0.3, -0.25) is 4.79 Å². The molecule has 17 heavy (non-hydrogen) atoms. The molecule has 1 aromatic carbocycles. The number of nitrogens with zero attached hydrogens (tertiary/aromatic N) is 1. The van der Waals surface area contributed by atoms with Gasteiger partial charge in [0.2, 0.25) is 5.91 Å². The van der Waals surface area contributed by atoms with E-state index in [-0.39, 0.29) is 11.3 Å². The van der Waals surface area contributed by atoms with Crippen molar-refractivity contribution >= 4 is 40.7 Å². The number of alkyl halides is 1. The van der Waals surface area contributed by atoms with E-state index < -0.39 is 0 Å². The van der Waals surface area contributed by atoms with Gasteiger partial charge in [0.1, 0.15) is 0 Å². The molecule has 0 aromatic heterocycles. The summed E-state index contributed by atoms with van der Waals surface area (Å²) in [6.07, 6.45) is 1.14. The summed E-state index contributed by atoms with van der Waals surface area (Å²) in [4.78, 5) is 13.3. The van der Waals surface area contributed by atoms with Crippen LogP contribution in [0.1, 0.15) is 12.0 Å². The summed E-state index contributed by atoms with van der Waals surface area (Å²) in [5.41, 5.74) is 0.963. The first-order valence-corrected chi connectivity index (χ1v) is 6.62. The van der Waals surface area contributed by atoms with E-state index in [2.05, 4.69) is 0 Å². The maximum atomic E-state index is 11.5. The van der Waals surface area contributed by atoms with Crippen molar-refractivity contribution in [3.05, 3.63) is 33.8 Å². The SMILES string of the molecule is O=C1CC(Cl)CN1CCc1cccc(Cl)c1Cl. The van der Waals surface area contributed by atoms with E-state index in [1.807, 2.05) is 12.1 Å². The molecule has 1 atom stereocenters. The fourth-order valence-corrected chi connectivity index (χ4v) is 2.65. The van der Waals surface area contributed by atoms with Crippen LogP contribution in [-0.4, -0.2) is 29.3 Å². The topological polar surface area (TPSA) is 20.3 Å². The smallest absolute Gasteiger partial charge is 0.224 e. The summed E-state index contributed by atoms with van der Waals surface area (Å²) >= 11 is 17.9. The highest BCUT2D eigenvalue weighted by Crippen LogP contribution is 2.26. The van der Waals surface area contributed by atoms with Crippen molar-refractivity contribution in [1.29, 1.82) is 0 Å². The average molecular weight is 293 g/mol. The van der Waals surface area contributed by atoms with E-state index in [1.54, 1.807) is 11.0 Å². The Hall–Kier alpha value is -0.440. The van der Waals surface area contributed by atoms with Crippen molar-refractivity contribution in [2.24, 2.45) is 0 Å². The van der Waals surface area contributed by atoms with Gasteiger partial charge in [-0.2, -0.15) is 0 Å². The maximum Gasteiger partial charge on any atom is 0.224 e. The van der Waals surface area contributed by atoms with Gasteiger partial charge in [0, 0.05) is 19.5 Å². The Morgan fingerprint density at radius 1 is 1.35 bits per heavy atom.